The van der Waals surface area contributed by atoms with Crippen LogP contribution < -0.4 is 5.73 Å². The van der Waals surface area contributed by atoms with E-state index in [9.17, 15) is 10.2 Å². The molecule has 4 heteroatoms. The van der Waals surface area contributed by atoms with Gasteiger partial charge in [0, 0.05) is 6.54 Å². The van der Waals surface area contributed by atoms with Gasteiger partial charge in [-0.25, -0.2) is 0 Å². The van der Waals surface area contributed by atoms with Crippen LogP contribution >= 0.6 is 12.4 Å². The second kappa shape index (κ2) is 6.98. The van der Waals surface area contributed by atoms with Crippen LogP contribution in [-0.4, -0.2) is 16.8 Å². The molecule has 1 aliphatic rings. The molecule has 0 heterocycles. The van der Waals surface area contributed by atoms with Crippen molar-refractivity contribution in [2.45, 2.75) is 44.1 Å². The van der Waals surface area contributed by atoms with Gasteiger partial charge in [-0.1, -0.05) is 31.4 Å². The van der Waals surface area contributed by atoms with Gasteiger partial charge in [0.05, 0.1) is 6.10 Å². The first-order valence-corrected chi connectivity index (χ1v) is 6.43. The zero-order chi connectivity index (χ0) is 12.3. The molecule has 1 aliphatic carbocycles. The lowest BCUT2D eigenvalue weighted by Gasteiger charge is -2.23. The molecule has 1 unspecified atom stereocenters. The number of hydrogen-bond donors (Lipinski definition) is 3. The second-order valence-corrected chi connectivity index (χ2v) is 4.90. The first kappa shape index (κ1) is 15.3. The highest BCUT2D eigenvalue weighted by atomic mass is 35.5. The number of halogens is 1. The first-order chi connectivity index (χ1) is 8.22. The first-order valence-electron chi connectivity index (χ1n) is 6.43. The SMILES string of the molecule is Cl.NCC(O)c1ccc(C2CCCCC2)c(O)c1. The Kier molecular flexibility index (Phi) is 5.93. The maximum absolute atomic E-state index is 10.0. The molecule has 18 heavy (non-hydrogen) atoms. The van der Waals surface area contributed by atoms with Crippen molar-refractivity contribution in [3.8, 4) is 5.75 Å². The van der Waals surface area contributed by atoms with Crippen LogP contribution in [0.4, 0.5) is 0 Å². The van der Waals surface area contributed by atoms with E-state index in [1.54, 1.807) is 6.07 Å². The Balaban J connectivity index is 0.00000162. The van der Waals surface area contributed by atoms with Gasteiger partial charge in [0.25, 0.3) is 0 Å². The molecule has 1 saturated carbocycles. The molecule has 4 N–H and O–H groups in total. The summed E-state index contributed by atoms with van der Waals surface area (Å²) in [5, 5.41) is 19.7. The van der Waals surface area contributed by atoms with E-state index in [0.717, 1.165) is 18.4 Å². The minimum atomic E-state index is -0.679. The van der Waals surface area contributed by atoms with Crippen molar-refractivity contribution in [1.82, 2.24) is 0 Å². The molecule has 0 bridgehead atoms. The molecule has 3 nitrogen and oxygen atoms in total. The highest BCUT2D eigenvalue weighted by Crippen LogP contribution is 2.37. The van der Waals surface area contributed by atoms with Crippen LogP contribution in [0.15, 0.2) is 18.2 Å². The van der Waals surface area contributed by atoms with E-state index in [4.69, 9.17) is 5.73 Å². The molecule has 1 fully saturated rings. The predicted octanol–water partition coefficient (Wildman–Crippen LogP) is 2.85. The summed E-state index contributed by atoms with van der Waals surface area (Å²) in [4.78, 5) is 0. The van der Waals surface area contributed by atoms with Crippen LogP contribution in [0, 0.1) is 0 Å². The van der Waals surface area contributed by atoms with E-state index < -0.39 is 6.10 Å². The Morgan fingerprint density at radius 3 is 2.44 bits per heavy atom. The van der Waals surface area contributed by atoms with Gasteiger partial charge >= 0.3 is 0 Å². The zero-order valence-corrected chi connectivity index (χ0v) is 11.3. The molecule has 0 spiro atoms. The van der Waals surface area contributed by atoms with Crippen molar-refractivity contribution < 1.29 is 10.2 Å². The van der Waals surface area contributed by atoms with Crippen LogP contribution in [0.1, 0.15) is 55.3 Å². The maximum Gasteiger partial charge on any atom is 0.119 e. The van der Waals surface area contributed by atoms with Gasteiger partial charge in [0.15, 0.2) is 0 Å². The van der Waals surface area contributed by atoms with Gasteiger partial charge in [-0.3, -0.25) is 0 Å². The monoisotopic (exact) mass is 271 g/mol. The van der Waals surface area contributed by atoms with E-state index in [-0.39, 0.29) is 19.0 Å². The highest BCUT2D eigenvalue weighted by molar-refractivity contribution is 5.85. The largest absolute Gasteiger partial charge is 0.508 e. The minimum absolute atomic E-state index is 0. The van der Waals surface area contributed by atoms with Crippen molar-refractivity contribution in [3.05, 3.63) is 29.3 Å². The van der Waals surface area contributed by atoms with E-state index in [2.05, 4.69) is 0 Å². The number of aromatic hydroxyl groups is 1. The van der Waals surface area contributed by atoms with E-state index in [0.29, 0.717) is 17.2 Å². The lowest BCUT2D eigenvalue weighted by atomic mass is 9.83. The van der Waals surface area contributed by atoms with Crippen molar-refractivity contribution >= 4 is 12.4 Å². The van der Waals surface area contributed by atoms with Crippen molar-refractivity contribution in [1.29, 1.82) is 0 Å². The van der Waals surface area contributed by atoms with Crippen molar-refractivity contribution in [2.75, 3.05) is 6.54 Å². The van der Waals surface area contributed by atoms with E-state index in [1.807, 2.05) is 12.1 Å². The van der Waals surface area contributed by atoms with E-state index in [1.165, 1.54) is 19.3 Å². The Bertz CT molecular complexity index is 378. The van der Waals surface area contributed by atoms with Gasteiger partial charge < -0.3 is 15.9 Å². The summed E-state index contributed by atoms with van der Waals surface area (Å²) in [6.45, 7) is 0.183. The van der Waals surface area contributed by atoms with Gasteiger partial charge in [0.1, 0.15) is 5.75 Å². The molecule has 0 aromatic heterocycles. The van der Waals surface area contributed by atoms with Gasteiger partial charge in [-0.05, 0) is 36.0 Å². The van der Waals surface area contributed by atoms with Gasteiger partial charge in [-0.2, -0.15) is 0 Å². The number of nitrogens with two attached hydrogens (primary N) is 1. The average Bonchev–Trinajstić information content (AvgIpc) is 2.38. The summed E-state index contributed by atoms with van der Waals surface area (Å²) >= 11 is 0. The predicted molar refractivity (Wildman–Crippen MR) is 75.2 cm³/mol. The third-order valence-electron chi connectivity index (χ3n) is 3.71. The normalized spacial score (nSPS) is 18.1. The third-order valence-corrected chi connectivity index (χ3v) is 3.71. The quantitative estimate of drug-likeness (QED) is 0.792. The molecule has 1 atom stereocenters. The zero-order valence-electron chi connectivity index (χ0n) is 10.5. The molecule has 2 rings (SSSR count). The van der Waals surface area contributed by atoms with Crippen molar-refractivity contribution in [3.63, 3.8) is 0 Å². The average molecular weight is 272 g/mol. The van der Waals surface area contributed by atoms with Crippen LogP contribution in [0.2, 0.25) is 0 Å². The molecule has 0 amide bonds. The molecular weight excluding hydrogens is 250 g/mol. The summed E-state index contributed by atoms with van der Waals surface area (Å²) in [6, 6.07) is 5.47. The standard InChI is InChI=1S/C14H21NO2.ClH/c15-9-14(17)11-6-7-12(13(16)8-11)10-4-2-1-3-5-10;/h6-8,10,14,16-17H,1-5,9,15H2;1H. The fraction of sp³-hybridized carbons (Fsp3) is 0.571. The number of benzene rings is 1. The highest BCUT2D eigenvalue weighted by Gasteiger charge is 2.19. The lowest BCUT2D eigenvalue weighted by molar-refractivity contribution is 0.186. The lowest BCUT2D eigenvalue weighted by Crippen LogP contribution is -2.12. The Hall–Kier alpha value is -0.770. The molecule has 102 valence electrons. The molecular formula is C14H22ClNO2. The summed E-state index contributed by atoms with van der Waals surface area (Å²) in [7, 11) is 0. The second-order valence-electron chi connectivity index (χ2n) is 4.90. The van der Waals surface area contributed by atoms with Gasteiger partial charge in [-0.15, -0.1) is 12.4 Å². The molecule has 1 aromatic carbocycles. The molecule has 0 saturated heterocycles. The topological polar surface area (TPSA) is 66.5 Å². The number of rotatable bonds is 3. The molecule has 1 aromatic rings. The Labute approximate surface area is 114 Å². The van der Waals surface area contributed by atoms with Crippen LogP contribution in [-0.2, 0) is 0 Å². The number of aliphatic hydroxyl groups is 1. The van der Waals surface area contributed by atoms with Crippen LogP contribution in [0.3, 0.4) is 0 Å². The number of aliphatic hydroxyl groups excluding tert-OH is 1. The third kappa shape index (κ3) is 3.37. The Morgan fingerprint density at radius 2 is 1.89 bits per heavy atom. The molecule has 0 radical (unpaired) electrons. The van der Waals surface area contributed by atoms with Gasteiger partial charge in [0.2, 0.25) is 0 Å². The maximum atomic E-state index is 10.0. The fourth-order valence-electron chi connectivity index (χ4n) is 2.66. The minimum Gasteiger partial charge on any atom is -0.508 e. The molecule has 0 aliphatic heterocycles. The summed E-state index contributed by atoms with van der Waals surface area (Å²) in [6.07, 6.45) is 5.44. The summed E-state index contributed by atoms with van der Waals surface area (Å²) in [5.74, 6) is 0.787. The summed E-state index contributed by atoms with van der Waals surface area (Å²) in [5.41, 5.74) is 7.13. The summed E-state index contributed by atoms with van der Waals surface area (Å²) < 4.78 is 0. The number of phenols is 1. The number of phenolic OH excluding ortho intramolecular Hbond substituents is 1. The Morgan fingerprint density at radius 1 is 1.22 bits per heavy atom. The smallest absolute Gasteiger partial charge is 0.119 e. The van der Waals surface area contributed by atoms with Crippen LogP contribution in [0.5, 0.6) is 5.75 Å². The van der Waals surface area contributed by atoms with Crippen LogP contribution in [0.25, 0.3) is 0 Å². The fourth-order valence-corrected chi connectivity index (χ4v) is 2.66. The number of hydrogen-bond acceptors (Lipinski definition) is 3. The van der Waals surface area contributed by atoms with Crippen molar-refractivity contribution in [2.24, 2.45) is 5.73 Å². The van der Waals surface area contributed by atoms with E-state index >= 15 is 0 Å².